The van der Waals surface area contributed by atoms with Crippen molar-refractivity contribution in [2.24, 2.45) is 17.8 Å². The summed E-state index contributed by atoms with van der Waals surface area (Å²) in [7, 11) is 0. The Hall–Kier alpha value is -0.750. The van der Waals surface area contributed by atoms with Gasteiger partial charge in [0.2, 0.25) is 11.7 Å². The van der Waals surface area contributed by atoms with Crippen molar-refractivity contribution in [2.75, 3.05) is 5.75 Å². The molecule has 6 heteroatoms. The number of hydrogen-bond acceptors (Lipinski definition) is 6. The lowest BCUT2D eigenvalue weighted by molar-refractivity contribution is -0.185. The van der Waals surface area contributed by atoms with Gasteiger partial charge < -0.3 is 14.2 Å². The molecule has 0 N–H and O–H groups in total. The largest absolute Gasteiger partial charge is 0.459 e. The average Bonchev–Trinajstić information content (AvgIpc) is 2.86. The van der Waals surface area contributed by atoms with Crippen molar-refractivity contribution >= 4 is 23.7 Å². The molecule has 5 atom stereocenters. The minimum absolute atomic E-state index is 0.0341. The molecule has 1 saturated heterocycles. The van der Waals surface area contributed by atoms with Crippen LogP contribution in [0.15, 0.2) is 0 Å². The van der Waals surface area contributed by atoms with Crippen LogP contribution in [0.3, 0.4) is 0 Å². The van der Waals surface area contributed by atoms with E-state index < -0.39 is 17.7 Å². The minimum atomic E-state index is -0.686. The zero-order valence-corrected chi connectivity index (χ0v) is 14.6. The van der Waals surface area contributed by atoms with Gasteiger partial charge in [0.05, 0.1) is 5.75 Å². The van der Waals surface area contributed by atoms with Crippen LogP contribution < -0.4 is 0 Å². The zero-order valence-electron chi connectivity index (χ0n) is 13.7. The second kappa shape index (κ2) is 7.68. The standard InChI is InChI=1S/C16H26O5S/c1-9(2)12-6-5-10(3)7-13(12)20-15(18)16-21-14(8-22-16)19-11(4)17/h9-10,12-14,16H,5-8H2,1-4H3/t10-,12+,13-,14-,16+/m1/s1. The van der Waals surface area contributed by atoms with Crippen molar-refractivity contribution in [3.05, 3.63) is 0 Å². The van der Waals surface area contributed by atoms with Crippen molar-refractivity contribution in [1.29, 1.82) is 0 Å². The third kappa shape index (κ3) is 4.62. The van der Waals surface area contributed by atoms with Gasteiger partial charge in [0.25, 0.3) is 0 Å². The van der Waals surface area contributed by atoms with Crippen molar-refractivity contribution in [1.82, 2.24) is 0 Å². The maximum absolute atomic E-state index is 12.3. The molecule has 126 valence electrons. The second-order valence-electron chi connectivity index (χ2n) is 6.64. The van der Waals surface area contributed by atoms with Crippen LogP contribution in [-0.4, -0.2) is 35.5 Å². The summed E-state index contributed by atoms with van der Waals surface area (Å²) in [4.78, 5) is 23.2. The molecule has 1 aliphatic carbocycles. The summed E-state index contributed by atoms with van der Waals surface area (Å²) in [5.74, 6) is 1.21. The molecule has 0 aromatic rings. The summed E-state index contributed by atoms with van der Waals surface area (Å²) in [6.45, 7) is 7.89. The van der Waals surface area contributed by atoms with E-state index in [9.17, 15) is 9.59 Å². The Morgan fingerprint density at radius 3 is 2.59 bits per heavy atom. The van der Waals surface area contributed by atoms with E-state index in [4.69, 9.17) is 14.2 Å². The predicted molar refractivity (Wildman–Crippen MR) is 84.1 cm³/mol. The molecular formula is C16H26O5S. The maximum atomic E-state index is 12.3. The van der Waals surface area contributed by atoms with E-state index in [1.807, 2.05) is 0 Å². The molecule has 1 heterocycles. The first-order chi connectivity index (χ1) is 10.4. The van der Waals surface area contributed by atoms with Crippen LogP contribution in [0, 0.1) is 17.8 Å². The molecule has 2 rings (SSSR count). The Bertz CT molecular complexity index is 411. The Labute approximate surface area is 136 Å². The maximum Gasteiger partial charge on any atom is 0.346 e. The van der Waals surface area contributed by atoms with Gasteiger partial charge >= 0.3 is 11.9 Å². The van der Waals surface area contributed by atoms with E-state index in [0.29, 0.717) is 23.5 Å². The Kier molecular flexibility index (Phi) is 6.15. The third-order valence-electron chi connectivity index (χ3n) is 4.38. The van der Waals surface area contributed by atoms with E-state index in [2.05, 4.69) is 20.8 Å². The van der Waals surface area contributed by atoms with Crippen molar-refractivity contribution < 1.29 is 23.8 Å². The number of esters is 2. The summed E-state index contributed by atoms with van der Waals surface area (Å²) in [5, 5.41) is 0. The molecule has 0 unspecified atom stereocenters. The highest BCUT2D eigenvalue weighted by Gasteiger charge is 2.39. The molecule has 1 aliphatic heterocycles. The molecule has 0 aromatic carbocycles. The molecular weight excluding hydrogens is 304 g/mol. The van der Waals surface area contributed by atoms with Crippen LogP contribution in [0.4, 0.5) is 0 Å². The highest BCUT2D eigenvalue weighted by Crippen LogP contribution is 2.36. The van der Waals surface area contributed by atoms with Gasteiger partial charge in [0.1, 0.15) is 6.10 Å². The Balaban J connectivity index is 1.88. The highest BCUT2D eigenvalue weighted by molar-refractivity contribution is 8.00. The molecule has 22 heavy (non-hydrogen) atoms. The van der Waals surface area contributed by atoms with Gasteiger partial charge in [-0.3, -0.25) is 4.79 Å². The lowest BCUT2D eigenvalue weighted by atomic mass is 9.75. The summed E-state index contributed by atoms with van der Waals surface area (Å²) in [6.07, 6.45) is 2.53. The number of hydrogen-bond donors (Lipinski definition) is 0. The van der Waals surface area contributed by atoms with E-state index in [0.717, 1.165) is 12.8 Å². The Morgan fingerprint density at radius 1 is 1.23 bits per heavy atom. The van der Waals surface area contributed by atoms with Gasteiger partial charge in [-0.25, -0.2) is 4.79 Å². The fourth-order valence-corrected chi connectivity index (χ4v) is 4.08. The lowest BCUT2D eigenvalue weighted by Gasteiger charge is -2.37. The van der Waals surface area contributed by atoms with E-state index in [-0.39, 0.29) is 12.1 Å². The SMILES string of the molecule is CC(=O)O[C@H]1CS[C@@H](C(=O)O[C@@H]2C[C@H](C)CC[C@H]2C(C)C)O1. The molecule has 0 spiro atoms. The average molecular weight is 330 g/mol. The van der Waals surface area contributed by atoms with Gasteiger partial charge in [0, 0.05) is 6.92 Å². The normalized spacial score (nSPS) is 35.4. The molecule has 0 bridgehead atoms. The zero-order chi connectivity index (χ0) is 16.3. The van der Waals surface area contributed by atoms with Crippen molar-refractivity contribution in [3.8, 4) is 0 Å². The molecule has 1 saturated carbocycles. The van der Waals surface area contributed by atoms with Crippen LogP contribution in [0.2, 0.25) is 0 Å². The Morgan fingerprint density at radius 2 is 1.95 bits per heavy atom. The van der Waals surface area contributed by atoms with Crippen LogP contribution >= 0.6 is 11.8 Å². The van der Waals surface area contributed by atoms with E-state index in [1.165, 1.54) is 25.1 Å². The van der Waals surface area contributed by atoms with Crippen LogP contribution in [-0.2, 0) is 23.8 Å². The number of carbonyl (C=O) groups excluding carboxylic acids is 2. The summed E-state index contributed by atoms with van der Waals surface area (Å²) in [5.41, 5.74) is -0.686. The first-order valence-corrected chi connectivity index (χ1v) is 9.06. The lowest BCUT2D eigenvalue weighted by Crippen LogP contribution is -2.38. The summed E-state index contributed by atoms with van der Waals surface area (Å²) in [6, 6.07) is 0. The van der Waals surface area contributed by atoms with E-state index in [1.54, 1.807) is 0 Å². The first-order valence-electron chi connectivity index (χ1n) is 8.01. The number of ether oxygens (including phenoxy) is 3. The minimum Gasteiger partial charge on any atom is -0.459 e. The monoisotopic (exact) mass is 330 g/mol. The van der Waals surface area contributed by atoms with Crippen molar-refractivity contribution in [2.45, 2.75) is 64.8 Å². The molecule has 0 aromatic heterocycles. The predicted octanol–water partition coefficient (Wildman–Crippen LogP) is 2.97. The highest BCUT2D eigenvalue weighted by atomic mass is 32.2. The fraction of sp³-hybridized carbons (Fsp3) is 0.875. The number of rotatable bonds is 4. The molecule has 5 nitrogen and oxygen atoms in total. The number of carbonyl (C=O) groups is 2. The molecule has 0 radical (unpaired) electrons. The third-order valence-corrected chi connectivity index (χ3v) is 5.45. The van der Waals surface area contributed by atoms with Gasteiger partial charge in [0.15, 0.2) is 0 Å². The van der Waals surface area contributed by atoms with Gasteiger partial charge in [-0.05, 0) is 30.6 Å². The smallest absolute Gasteiger partial charge is 0.346 e. The van der Waals surface area contributed by atoms with E-state index >= 15 is 0 Å². The molecule has 2 fully saturated rings. The van der Waals surface area contributed by atoms with Crippen LogP contribution in [0.1, 0.15) is 47.0 Å². The second-order valence-corrected chi connectivity index (χ2v) is 7.74. The first kappa shape index (κ1) is 17.6. The quantitative estimate of drug-likeness (QED) is 0.739. The van der Waals surface area contributed by atoms with Crippen molar-refractivity contribution in [3.63, 3.8) is 0 Å². The van der Waals surface area contributed by atoms with Gasteiger partial charge in [-0.15, -0.1) is 11.8 Å². The van der Waals surface area contributed by atoms with Crippen LogP contribution in [0.5, 0.6) is 0 Å². The van der Waals surface area contributed by atoms with Crippen LogP contribution in [0.25, 0.3) is 0 Å². The summed E-state index contributed by atoms with van der Waals surface area (Å²) >= 11 is 1.33. The fourth-order valence-electron chi connectivity index (χ4n) is 3.21. The topological polar surface area (TPSA) is 61.8 Å². The summed E-state index contributed by atoms with van der Waals surface area (Å²) < 4.78 is 16.2. The van der Waals surface area contributed by atoms with Gasteiger partial charge in [-0.2, -0.15) is 0 Å². The molecule has 2 aliphatic rings. The molecule has 0 amide bonds. The number of thioether (sulfide) groups is 1. The van der Waals surface area contributed by atoms with Gasteiger partial charge in [-0.1, -0.05) is 27.2 Å².